The van der Waals surface area contributed by atoms with Gasteiger partial charge in [0.25, 0.3) is 5.91 Å². The third-order valence-electron chi connectivity index (χ3n) is 3.65. The van der Waals surface area contributed by atoms with E-state index < -0.39 is 0 Å². The molecule has 0 spiro atoms. The molecule has 21 heavy (non-hydrogen) atoms. The van der Waals surface area contributed by atoms with Crippen LogP contribution in [0.15, 0.2) is 18.2 Å². The zero-order chi connectivity index (χ0) is 15.2. The second kappa shape index (κ2) is 7.16. The van der Waals surface area contributed by atoms with E-state index in [4.69, 9.17) is 0 Å². The van der Waals surface area contributed by atoms with E-state index in [-0.39, 0.29) is 5.91 Å². The van der Waals surface area contributed by atoms with Gasteiger partial charge in [0.2, 0.25) is 0 Å². The topological polar surface area (TPSA) is 54.9 Å². The Hall–Kier alpha value is -1.97. The van der Waals surface area contributed by atoms with Crippen molar-refractivity contribution in [2.24, 2.45) is 0 Å². The molecule has 1 aromatic heterocycles. The van der Waals surface area contributed by atoms with E-state index in [9.17, 15) is 4.79 Å². The van der Waals surface area contributed by atoms with Crippen LogP contribution in [0.25, 0.3) is 11.0 Å². The molecule has 1 amide bonds. The monoisotopic (exact) mass is 285 g/mol. The smallest absolute Gasteiger partial charge is 0.251 e. The number of fused-ring (bicyclic) bond motifs is 1. The number of aromatic nitrogens is 2. The summed E-state index contributed by atoms with van der Waals surface area (Å²) in [6, 6.07) is 5.49. The average Bonchev–Trinajstić information content (AvgIpc) is 2.47. The highest BCUT2D eigenvalue weighted by molar-refractivity contribution is 5.97. The number of carbonyl (C=O) groups excluding carboxylic acids is 1. The highest BCUT2D eigenvalue weighted by atomic mass is 16.1. The molecule has 0 aliphatic rings. The fraction of sp³-hybridized carbons (Fsp3) is 0.471. The SMILES string of the molecule is CCCCCCNC(=O)c1ccc2nc(C)c(C)nc2c1. The third-order valence-corrected chi connectivity index (χ3v) is 3.65. The molecule has 0 aliphatic heterocycles. The van der Waals surface area contributed by atoms with Crippen molar-refractivity contribution in [3.05, 3.63) is 35.2 Å². The maximum Gasteiger partial charge on any atom is 0.251 e. The standard InChI is InChI=1S/C17H23N3O/c1-4-5-6-7-10-18-17(21)14-8-9-15-16(11-14)20-13(3)12(2)19-15/h8-9,11H,4-7,10H2,1-3H3,(H,18,21). The van der Waals surface area contributed by atoms with Crippen LogP contribution in [0.1, 0.15) is 54.4 Å². The Balaban J connectivity index is 2.04. The molecule has 2 rings (SSSR count). The molecule has 112 valence electrons. The van der Waals surface area contributed by atoms with Crippen molar-refractivity contribution in [1.82, 2.24) is 15.3 Å². The van der Waals surface area contributed by atoms with Gasteiger partial charge in [0.05, 0.1) is 22.4 Å². The van der Waals surface area contributed by atoms with Crippen molar-refractivity contribution in [2.75, 3.05) is 6.54 Å². The van der Waals surface area contributed by atoms with Crippen LogP contribution in [0.4, 0.5) is 0 Å². The number of rotatable bonds is 6. The van der Waals surface area contributed by atoms with Gasteiger partial charge in [-0.25, -0.2) is 9.97 Å². The molecule has 0 saturated heterocycles. The third kappa shape index (κ3) is 4.00. The van der Waals surface area contributed by atoms with Crippen LogP contribution in [0.2, 0.25) is 0 Å². The minimum Gasteiger partial charge on any atom is -0.352 e. The first-order valence-electron chi connectivity index (χ1n) is 7.65. The Morgan fingerprint density at radius 2 is 1.76 bits per heavy atom. The highest BCUT2D eigenvalue weighted by Gasteiger charge is 2.08. The Kier molecular flexibility index (Phi) is 5.26. The van der Waals surface area contributed by atoms with E-state index >= 15 is 0 Å². The first-order valence-corrected chi connectivity index (χ1v) is 7.65. The van der Waals surface area contributed by atoms with Crippen LogP contribution in [0.5, 0.6) is 0 Å². The maximum absolute atomic E-state index is 12.1. The van der Waals surface area contributed by atoms with Gasteiger partial charge in [-0.05, 0) is 38.5 Å². The number of hydrogen-bond donors (Lipinski definition) is 1. The molecule has 1 aromatic carbocycles. The van der Waals surface area contributed by atoms with E-state index in [0.717, 1.165) is 35.4 Å². The minimum absolute atomic E-state index is 0.0339. The summed E-state index contributed by atoms with van der Waals surface area (Å²) in [5.41, 5.74) is 4.08. The Morgan fingerprint density at radius 3 is 2.48 bits per heavy atom. The van der Waals surface area contributed by atoms with Gasteiger partial charge in [-0.1, -0.05) is 26.2 Å². The lowest BCUT2D eigenvalue weighted by Gasteiger charge is -2.07. The van der Waals surface area contributed by atoms with Gasteiger partial charge in [-0.2, -0.15) is 0 Å². The van der Waals surface area contributed by atoms with Crippen molar-refractivity contribution in [2.45, 2.75) is 46.5 Å². The number of benzene rings is 1. The second-order valence-electron chi connectivity index (χ2n) is 5.41. The van der Waals surface area contributed by atoms with Gasteiger partial charge < -0.3 is 5.32 Å². The van der Waals surface area contributed by atoms with E-state index in [2.05, 4.69) is 22.2 Å². The Bertz CT molecular complexity index is 637. The number of amides is 1. The number of hydrogen-bond acceptors (Lipinski definition) is 3. The van der Waals surface area contributed by atoms with Gasteiger partial charge in [0.1, 0.15) is 0 Å². The van der Waals surface area contributed by atoms with Gasteiger partial charge in [0, 0.05) is 12.1 Å². The molecule has 1 N–H and O–H groups in total. The van der Waals surface area contributed by atoms with Gasteiger partial charge in [-0.3, -0.25) is 4.79 Å². The molecular weight excluding hydrogens is 262 g/mol. The number of carbonyl (C=O) groups is 1. The molecule has 0 fully saturated rings. The normalized spacial score (nSPS) is 10.8. The molecule has 4 nitrogen and oxygen atoms in total. The molecule has 0 unspecified atom stereocenters. The molecule has 4 heteroatoms. The zero-order valence-electron chi connectivity index (χ0n) is 13.1. The van der Waals surface area contributed by atoms with Crippen molar-refractivity contribution in [1.29, 1.82) is 0 Å². The van der Waals surface area contributed by atoms with E-state index in [0.29, 0.717) is 5.56 Å². The summed E-state index contributed by atoms with van der Waals surface area (Å²) in [7, 11) is 0. The zero-order valence-corrected chi connectivity index (χ0v) is 13.1. The molecule has 0 bridgehead atoms. The minimum atomic E-state index is -0.0339. The quantitative estimate of drug-likeness (QED) is 0.826. The predicted octanol–water partition coefficient (Wildman–Crippen LogP) is 3.56. The maximum atomic E-state index is 12.1. The van der Waals surface area contributed by atoms with Gasteiger partial charge in [0.15, 0.2) is 0 Å². The van der Waals surface area contributed by atoms with Crippen LogP contribution in [-0.4, -0.2) is 22.4 Å². The molecule has 0 saturated carbocycles. The molecule has 2 aromatic rings. The molecule has 0 aliphatic carbocycles. The van der Waals surface area contributed by atoms with Gasteiger partial charge >= 0.3 is 0 Å². The molecule has 0 atom stereocenters. The van der Waals surface area contributed by atoms with E-state index in [1.807, 2.05) is 32.0 Å². The van der Waals surface area contributed by atoms with E-state index in [1.165, 1.54) is 19.3 Å². The lowest BCUT2D eigenvalue weighted by molar-refractivity contribution is 0.0953. The first-order chi connectivity index (χ1) is 10.1. The van der Waals surface area contributed by atoms with Crippen LogP contribution in [-0.2, 0) is 0 Å². The Morgan fingerprint density at radius 1 is 1.05 bits per heavy atom. The Labute approximate surface area is 126 Å². The van der Waals surface area contributed by atoms with Crippen molar-refractivity contribution >= 4 is 16.9 Å². The van der Waals surface area contributed by atoms with Crippen LogP contribution >= 0.6 is 0 Å². The van der Waals surface area contributed by atoms with Crippen LogP contribution in [0, 0.1) is 13.8 Å². The van der Waals surface area contributed by atoms with Crippen molar-refractivity contribution in [3.8, 4) is 0 Å². The summed E-state index contributed by atoms with van der Waals surface area (Å²) in [4.78, 5) is 21.1. The number of nitrogens with zero attached hydrogens (tertiary/aromatic N) is 2. The lowest BCUT2D eigenvalue weighted by atomic mass is 10.1. The number of aryl methyl sites for hydroxylation is 2. The van der Waals surface area contributed by atoms with Crippen molar-refractivity contribution in [3.63, 3.8) is 0 Å². The summed E-state index contributed by atoms with van der Waals surface area (Å²) in [6.45, 7) is 6.79. The van der Waals surface area contributed by atoms with Crippen molar-refractivity contribution < 1.29 is 4.79 Å². The average molecular weight is 285 g/mol. The summed E-state index contributed by atoms with van der Waals surface area (Å²) >= 11 is 0. The number of nitrogens with one attached hydrogen (secondary N) is 1. The molecule has 0 radical (unpaired) electrons. The predicted molar refractivity (Wildman–Crippen MR) is 85.5 cm³/mol. The number of unbranched alkanes of at least 4 members (excludes halogenated alkanes) is 3. The fourth-order valence-corrected chi connectivity index (χ4v) is 2.23. The fourth-order valence-electron chi connectivity index (χ4n) is 2.23. The molecule has 1 heterocycles. The largest absolute Gasteiger partial charge is 0.352 e. The lowest BCUT2D eigenvalue weighted by Crippen LogP contribution is -2.24. The van der Waals surface area contributed by atoms with Crippen LogP contribution < -0.4 is 5.32 Å². The summed E-state index contributed by atoms with van der Waals surface area (Å²) in [6.07, 6.45) is 4.62. The first kappa shape index (κ1) is 15.4. The van der Waals surface area contributed by atoms with Crippen LogP contribution in [0.3, 0.4) is 0 Å². The molecular formula is C17H23N3O. The van der Waals surface area contributed by atoms with Gasteiger partial charge in [-0.15, -0.1) is 0 Å². The summed E-state index contributed by atoms with van der Waals surface area (Å²) < 4.78 is 0. The second-order valence-corrected chi connectivity index (χ2v) is 5.41. The summed E-state index contributed by atoms with van der Waals surface area (Å²) in [5.74, 6) is -0.0339. The summed E-state index contributed by atoms with van der Waals surface area (Å²) in [5, 5.41) is 2.96. The van der Waals surface area contributed by atoms with E-state index in [1.54, 1.807) is 0 Å². The highest BCUT2D eigenvalue weighted by Crippen LogP contribution is 2.14.